The van der Waals surface area contributed by atoms with Crippen LogP contribution in [-0.2, 0) is 9.53 Å². The molecule has 2 atom stereocenters. The molecule has 0 spiro atoms. The van der Waals surface area contributed by atoms with Gasteiger partial charge in [0.2, 0.25) is 0 Å². The van der Waals surface area contributed by atoms with Crippen LogP contribution in [0.1, 0.15) is 16.8 Å². The summed E-state index contributed by atoms with van der Waals surface area (Å²) in [5, 5.41) is 9.23. The molecule has 0 saturated carbocycles. The van der Waals surface area contributed by atoms with Gasteiger partial charge in [0.05, 0.1) is 11.7 Å². The lowest BCUT2D eigenvalue weighted by Gasteiger charge is -2.22. The van der Waals surface area contributed by atoms with Crippen molar-refractivity contribution in [2.75, 3.05) is 19.4 Å². The van der Waals surface area contributed by atoms with E-state index in [1.54, 1.807) is 12.1 Å². The van der Waals surface area contributed by atoms with Crippen LogP contribution in [0.3, 0.4) is 0 Å². The highest BCUT2D eigenvalue weighted by molar-refractivity contribution is 9.10. The average molecular weight is 343 g/mol. The number of halogens is 1. The zero-order valence-electron chi connectivity index (χ0n) is 10.9. The number of amides is 1. The SMILES string of the molecule is COC1CC(C(=O)O)N(C(=O)c2cc(N)ccc2Br)C1. The Labute approximate surface area is 124 Å². The number of carbonyl (C=O) groups is 2. The van der Waals surface area contributed by atoms with Crippen LogP contribution >= 0.6 is 15.9 Å². The van der Waals surface area contributed by atoms with Gasteiger partial charge in [-0.1, -0.05) is 0 Å². The maximum Gasteiger partial charge on any atom is 0.326 e. The Kier molecular flexibility index (Phi) is 4.29. The van der Waals surface area contributed by atoms with E-state index in [1.807, 2.05) is 0 Å². The molecular formula is C13H15BrN2O4. The highest BCUT2D eigenvalue weighted by atomic mass is 79.9. The van der Waals surface area contributed by atoms with Crippen LogP contribution in [0.4, 0.5) is 5.69 Å². The lowest BCUT2D eigenvalue weighted by atomic mass is 10.1. The van der Waals surface area contributed by atoms with Crippen molar-refractivity contribution in [3.8, 4) is 0 Å². The van der Waals surface area contributed by atoms with E-state index in [4.69, 9.17) is 10.5 Å². The number of benzene rings is 1. The molecule has 1 aromatic carbocycles. The molecule has 2 rings (SSSR count). The fourth-order valence-electron chi connectivity index (χ4n) is 2.29. The van der Waals surface area contributed by atoms with Gasteiger partial charge in [0.1, 0.15) is 6.04 Å². The molecule has 1 aromatic rings. The first kappa shape index (κ1) is 14.8. The number of carbonyl (C=O) groups excluding carboxylic acids is 1. The third kappa shape index (κ3) is 2.78. The van der Waals surface area contributed by atoms with Crippen LogP contribution in [-0.4, -0.2) is 47.7 Å². The summed E-state index contributed by atoms with van der Waals surface area (Å²) in [6.07, 6.45) is 0.0252. The molecular weight excluding hydrogens is 328 g/mol. The molecule has 7 heteroatoms. The van der Waals surface area contributed by atoms with Gasteiger partial charge in [0.15, 0.2) is 0 Å². The minimum atomic E-state index is -1.03. The molecule has 1 heterocycles. The molecule has 1 amide bonds. The Hall–Kier alpha value is -1.60. The Balaban J connectivity index is 2.31. The average Bonchev–Trinajstić information content (AvgIpc) is 2.85. The second-order valence-corrected chi connectivity index (χ2v) is 5.50. The first-order valence-corrected chi connectivity index (χ1v) is 6.85. The Morgan fingerprint density at radius 3 is 2.80 bits per heavy atom. The van der Waals surface area contributed by atoms with Crippen LogP contribution in [0.15, 0.2) is 22.7 Å². The molecule has 0 bridgehead atoms. The van der Waals surface area contributed by atoms with E-state index in [1.165, 1.54) is 18.1 Å². The van der Waals surface area contributed by atoms with Crippen molar-refractivity contribution in [3.05, 3.63) is 28.2 Å². The number of hydrogen-bond acceptors (Lipinski definition) is 4. The molecule has 6 nitrogen and oxygen atoms in total. The second kappa shape index (κ2) is 5.80. The first-order valence-electron chi connectivity index (χ1n) is 6.05. The van der Waals surface area contributed by atoms with E-state index in [-0.39, 0.29) is 25.0 Å². The normalized spacial score (nSPS) is 22.0. The van der Waals surface area contributed by atoms with Crippen molar-refractivity contribution in [1.82, 2.24) is 4.90 Å². The molecule has 0 aliphatic carbocycles. The maximum atomic E-state index is 12.5. The minimum absolute atomic E-state index is 0.257. The molecule has 1 aliphatic heterocycles. The Bertz CT molecular complexity index is 549. The highest BCUT2D eigenvalue weighted by Gasteiger charge is 2.40. The van der Waals surface area contributed by atoms with E-state index in [0.29, 0.717) is 15.7 Å². The fourth-order valence-corrected chi connectivity index (χ4v) is 2.70. The van der Waals surface area contributed by atoms with Gasteiger partial charge < -0.3 is 20.5 Å². The molecule has 1 aliphatic rings. The number of methoxy groups -OCH3 is 1. The van der Waals surface area contributed by atoms with Crippen LogP contribution in [0.5, 0.6) is 0 Å². The summed E-state index contributed by atoms with van der Waals surface area (Å²) < 4.78 is 5.75. The third-order valence-corrected chi connectivity index (χ3v) is 4.05. The van der Waals surface area contributed by atoms with Crippen molar-refractivity contribution in [2.24, 2.45) is 0 Å². The second-order valence-electron chi connectivity index (χ2n) is 4.64. The number of hydrogen-bond donors (Lipinski definition) is 2. The van der Waals surface area contributed by atoms with Gasteiger partial charge in [0, 0.05) is 30.2 Å². The van der Waals surface area contributed by atoms with E-state index >= 15 is 0 Å². The number of nitrogens with two attached hydrogens (primary N) is 1. The summed E-state index contributed by atoms with van der Waals surface area (Å²) in [6.45, 7) is 0.257. The first-order chi connectivity index (χ1) is 9.43. The van der Waals surface area contributed by atoms with Crippen molar-refractivity contribution in [1.29, 1.82) is 0 Å². The molecule has 3 N–H and O–H groups in total. The van der Waals surface area contributed by atoms with Gasteiger partial charge in [-0.15, -0.1) is 0 Å². The quantitative estimate of drug-likeness (QED) is 0.808. The number of aliphatic carboxylic acids is 1. The summed E-state index contributed by atoms with van der Waals surface area (Å²) in [7, 11) is 1.51. The standard InChI is InChI=1S/C13H15BrN2O4/c1-20-8-5-11(13(18)19)16(6-8)12(17)9-4-7(15)2-3-10(9)14/h2-4,8,11H,5-6,15H2,1H3,(H,18,19). The predicted octanol–water partition coefficient (Wildman–Crippen LogP) is 1.35. The molecule has 0 aromatic heterocycles. The highest BCUT2D eigenvalue weighted by Crippen LogP contribution is 2.27. The summed E-state index contributed by atoms with van der Waals surface area (Å²) in [5.41, 5.74) is 6.48. The monoisotopic (exact) mass is 342 g/mol. The number of anilines is 1. The van der Waals surface area contributed by atoms with Gasteiger partial charge in [-0.3, -0.25) is 4.79 Å². The van der Waals surface area contributed by atoms with Gasteiger partial charge >= 0.3 is 5.97 Å². The minimum Gasteiger partial charge on any atom is -0.480 e. The third-order valence-electron chi connectivity index (χ3n) is 3.36. The Morgan fingerprint density at radius 1 is 1.50 bits per heavy atom. The topological polar surface area (TPSA) is 92.9 Å². The van der Waals surface area contributed by atoms with Gasteiger partial charge in [-0.05, 0) is 34.1 Å². The Morgan fingerprint density at radius 2 is 2.20 bits per heavy atom. The number of nitrogen functional groups attached to an aromatic ring is 1. The number of ether oxygens (including phenoxy) is 1. The van der Waals surface area contributed by atoms with Crippen LogP contribution in [0, 0.1) is 0 Å². The van der Waals surface area contributed by atoms with Crippen molar-refractivity contribution >= 4 is 33.5 Å². The van der Waals surface area contributed by atoms with E-state index in [9.17, 15) is 14.7 Å². The lowest BCUT2D eigenvalue weighted by Crippen LogP contribution is -2.40. The number of rotatable bonds is 3. The maximum absolute atomic E-state index is 12.5. The molecule has 20 heavy (non-hydrogen) atoms. The number of carboxylic acid groups (broad SMARTS) is 1. The molecule has 1 fully saturated rings. The van der Waals surface area contributed by atoms with Crippen LogP contribution in [0.2, 0.25) is 0 Å². The summed E-state index contributed by atoms with van der Waals surface area (Å²) in [5.74, 6) is -1.39. The molecule has 1 saturated heterocycles. The van der Waals surface area contributed by atoms with Crippen LogP contribution < -0.4 is 5.73 Å². The van der Waals surface area contributed by atoms with Crippen molar-refractivity contribution < 1.29 is 19.4 Å². The molecule has 2 unspecified atom stereocenters. The van der Waals surface area contributed by atoms with E-state index in [0.717, 1.165) is 0 Å². The number of likely N-dealkylation sites (tertiary alicyclic amines) is 1. The van der Waals surface area contributed by atoms with Gasteiger partial charge in [-0.2, -0.15) is 0 Å². The van der Waals surface area contributed by atoms with Crippen molar-refractivity contribution in [2.45, 2.75) is 18.6 Å². The zero-order valence-corrected chi connectivity index (χ0v) is 12.5. The fraction of sp³-hybridized carbons (Fsp3) is 0.385. The van der Waals surface area contributed by atoms with Gasteiger partial charge in [0.25, 0.3) is 5.91 Å². The summed E-state index contributed by atoms with van der Waals surface area (Å²) in [6, 6.07) is 3.99. The smallest absolute Gasteiger partial charge is 0.326 e. The summed E-state index contributed by atoms with van der Waals surface area (Å²) >= 11 is 3.29. The zero-order chi connectivity index (χ0) is 14.9. The van der Waals surface area contributed by atoms with Gasteiger partial charge in [-0.25, -0.2) is 4.79 Å². The number of carboxylic acids is 1. The number of nitrogens with zero attached hydrogens (tertiary/aromatic N) is 1. The molecule has 0 radical (unpaired) electrons. The lowest BCUT2D eigenvalue weighted by molar-refractivity contribution is -0.141. The summed E-state index contributed by atoms with van der Waals surface area (Å²) in [4.78, 5) is 25.1. The largest absolute Gasteiger partial charge is 0.480 e. The van der Waals surface area contributed by atoms with E-state index < -0.39 is 12.0 Å². The molecule has 108 valence electrons. The van der Waals surface area contributed by atoms with Crippen molar-refractivity contribution in [3.63, 3.8) is 0 Å². The van der Waals surface area contributed by atoms with E-state index in [2.05, 4.69) is 15.9 Å². The van der Waals surface area contributed by atoms with Crippen LogP contribution in [0.25, 0.3) is 0 Å². The predicted molar refractivity (Wildman–Crippen MR) is 76.4 cm³/mol.